The van der Waals surface area contributed by atoms with Crippen molar-refractivity contribution in [3.63, 3.8) is 0 Å². The van der Waals surface area contributed by atoms with E-state index in [9.17, 15) is 8.78 Å². The van der Waals surface area contributed by atoms with Gasteiger partial charge in [0.1, 0.15) is 0 Å². The quantitative estimate of drug-likeness (QED) is 0.832. The first kappa shape index (κ1) is 12.8. The molecule has 2 rings (SSSR count). The topological polar surface area (TPSA) is 26.0 Å². The van der Waals surface area contributed by atoms with Gasteiger partial charge in [-0.15, -0.1) is 0 Å². The second-order valence-corrected chi connectivity index (χ2v) is 6.15. The van der Waals surface area contributed by atoms with Crippen molar-refractivity contribution in [2.24, 2.45) is 17.1 Å². The zero-order valence-corrected chi connectivity index (χ0v) is 10.8. The monoisotopic (exact) mass is 257 g/mol. The highest BCUT2D eigenvalue weighted by molar-refractivity contribution is 7.99. The highest BCUT2D eigenvalue weighted by atomic mass is 32.2. The maximum absolute atomic E-state index is 12.2. The van der Waals surface area contributed by atoms with E-state index >= 15 is 0 Å². The molecule has 1 saturated carbocycles. The Kier molecular flexibility index (Phi) is 3.46. The van der Waals surface area contributed by atoms with Crippen molar-refractivity contribution in [1.29, 1.82) is 0 Å². The van der Waals surface area contributed by atoms with E-state index in [0.29, 0.717) is 35.0 Å². The molecule has 0 aromatic heterocycles. The summed E-state index contributed by atoms with van der Waals surface area (Å²) < 4.78 is 24.4. The molecule has 0 aliphatic heterocycles. The summed E-state index contributed by atoms with van der Waals surface area (Å²) in [5.74, 6) is -1.37. The summed E-state index contributed by atoms with van der Waals surface area (Å²) in [6, 6.07) is 7.45. The molecule has 2 N–H and O–H groups in total. The van der Waals surface area contributed by atoms with Gasteiger partial charge in [0.2, 0.25) is 0 Å². The standard InChI is InChI=1S/C13H17F2NS/c1-13(2)10(7-16)11(13)8-3-5-9(6-4-8)17-12(14)15/h3-6,10-12H,7,16H2,1-2H3. The molecular formula is C13H17F2NS. The Morgan fingerprint density at radius 3 is 2.29 bits per heavy atom. The Hall–Kier alpha value is -0.610. The molecule has 1 aromatic carbocycles. The lowest BCUT2D eigenvalue weighted by Gasteiger charge is -2.05. The zero-order valence-electron chi connectivity index (χ0n) is 9.99. The fraction of sp³-hybridized carbons (Fsp3) is 0.538. The number of benzene rings is 1. The fourth-order valence-electron chi connectivity index (χ4n) is 2.70. The Balaban J connectivity index is 2.09. The molecule has 1 aromatic rings. The van der Waals surface area contributed by atoms with Crippen molar-refractivity contribution in [1.82, 2.24) is 0 Å². The van der Waals surface area contributed by atoms with Gasteiger partial charge in [0.15, 0.2) is 0 Å². The average molecular weight is 257 g/mol. The van der Waals surface area contributed by atoms with Crippen molar-refractivity contribution in [3.8, 4) is 0 Å². The van der Waals surface area contributed by atoms with Gasteiger partial charge in [0.25, 0.3) is 5.76 Å². The van der Waals surface area contributed by atoms with Crippen LogP contribution in [0.3, 0.4) is 0 Å². The predicted molar refractivity (Wildman–Crippen MR) is 67.4 cm³/mol. The van der Waals surface area contributed by atoms with E-state index in [4.69, 9.17) is 5.73 Å². The Morgan fingerprint density at radius 2 is 1.88 bits per heavy atom. The van der Waals surface area contributed by atoms with Crippen molar-refractivity contribution >= 4 is 11.8 Å². The van der Waals surface area contributed by atoms with E-state index in [-0.39, 0.29) is 5.41 Å². The molecule has 0 bridgehead atoms. The minimum Gasteiger partial charge on any atom is -0.330 e. The number of hydrogen-bond donors (Lipinski definition) is 1. The SMILES string of the molecule is CC1(C)C(CN)C1c1ccc(SC(F)F)cc1. The van der Waals surface area contributed by atoms with Crippen LogP contribution >= 0.6 is 11.8 Å². The van der Waals surface area contributed by atoms with Gasteiger partial charge in [-0.2, -0.15) is 8.78 Å². The fourth-order valence-corrected chi connectivity index (χ4v) is 3.20. The normalized spacial score (nSPS) is 26.2. The van der Waals surface area contributed by atoms with Crippen LogP contribution in [-0.2, 0) is 0 Å². The molecule has 0 saturated heterocycles. The predicted octanol–water partition coefficient (Wildman–Crippen LogP) is 3.70. The van der Waals surface area contributed by atoms with Gasteiger partial charge in [-0.3, -0.25) is 0 Å². The minimum atomic E-state index is -2.35. The van der Waals surface area contributed by atoms with Gasteiger partial charge >= 0.3 is 0 Å². The third-order valence-corrected chi connectivity index (χ3v) is 4.49. The average Bonchev–Trinajstić information content (AvgIpc) is 2.81. The summed E-state index contributed by atoms with van der Waals surface area (Å²) in [5, 5.41) is 0. The number of hydrogen-bond acceptors (Lipinski definition) is 2. The third-order valence-electron chi connectivity index (χ3n) is 3.77. The van der Waals surface area contributed by atoms with Crippen LogP contribution in [0.25, 0.3) is 0 Å². The van der Waals surface area contributed by atoms with Crippen molar-refractivity contribution in [3.05, 3.63) is 29.8 Å². The van der Waals surface area contributed by atoms with Gasteiger partial charge in [-0.05, 0) is 41.5 Å². The van der Waals surface area contributed by atoms with Gasteiger partial charge in [0.05, 0.1) is 0 Å². The molecule has 1 nitrogen and oxygen atoms in total. The number of halogens is 2. The van der Waals surface area contributed by atoms with E-state index < -0.39 is 5.76 Å². The van der Waals surface area contributed by atoms with E-state index in [1.165, 1.54) is 5.56 Å². The molecule has 94 valence electrons. The molecule has 1 aliphatic carbocycles. The van der Waals surface area contributed by atoms with Crippen LogP contribution in [0.1, 0.15) is 25.3 Å². The first-order valence-electron chi connectivity index (χ1n) is 5.71. The Bertz CT molecular complexity index is 389. The molecule has 0 spiro atoms. The molecule has 2 unspecified atom stereocenters. The highest BCUT2D eigenvalue weighted by Crippen LogP contribution is 2.63. The second-order valence-electron chi connectivity index (χ2n) is 5.09. The van der Waals surface area contributed by atoms with Crippen LogP contribution in [0.2, 0.25) is 0 Å². The third kappa shape index (κ3) is 2.47. The Morgan fingerprint density at radius 1 is 1.29 bits per heavy atom. The van der Waals surface area contributed by atoms with E-state index in [2.05, 4.69) is 13.8 Å². The van der Waals surface area contributed by atoms with Crippen LogP contribution in [0.15, 0.2) is 29.2 Å². The highest BCUT2D eigenvalue weighted by Gasteiger charge is 2.56. The van der Waals surface area contributed by atoms with Crippen molar-refractivity contribution in [2.45, 2.75) is 30.4 Å². The molecule has 17 heavy (non-hydrogen) atoms. The van der Waals surface area contributed by atoms with Crippen LogP contribution in [-0.4, -0.2) is 12.3 Å². The number of alkyl halides is 2. The first-order valence-corrected chi connectivity index (χ1v) is 6.59. The van der Waals surface area contributed by atoms with Gasteiger partial charge in [-0.25, -0.2) is 0 Å². The molecule has 0 heterocycles. The summed E-state index contributed by atoms with van der Waals surface area (Å²) in [6.45, 7) is 5.10. The molecule has 2 atom stereocenters. The number of thioether (sulfide) groups is 1. The number of nitrogens with two attached hydrogens (primary N) is 1. The maximum Gasteiger partial charge on any atom is 0.288 e. The van der Waals surface area contributed by atoms with Crippen LogP contribution in [0, 0.1) is 11.3 Å². The summed E-state index contributed by atoms with van der Waals surface area (Å²) in [4.78, 5) is 0.617. The molecule has 4 heteroatoms. The summed E-state index contributed by atoms with van der Waals surface area (Å²) >= 11 is 0.588. The molecule has 1 aliphatic rings. The lowest BCUT2D eigenvalue weighted by atomic mass is 10.0. The smallest absolute Gasteiger partial charge is 0.288 e. The van der Waals surface area contributed by atoms with Gasteiger partial charge < -0.3 is 5.73 Å². The molecule has 0 amide bonds. The summed E-state index contributed by atoms with van der Waals surface area (Å²) in [5.41, 5.74) is 7.18. The lowest BCUT2D eigenvalue weighted by molar-refractivity contribution is 0.252. The van der Waals surface area contributed by atoms with E-state index in [1.54, 1.807) is 12.1 Å². The molecular weight excluding hydrogens is 240 g/mol. The molecule has 1 fully saturated rings. The second kappa shape index (κ2) is 4.58. The first-order chi connectivity index (χ1) is 7.96. The van der Waals surface area contributed by atoms with Crippen LogP contribution < -0.4 is 5.73 Å². The molecule has 0 radical (unpaired) electrons. The Labute approximate surface area is 105 Å². The zero-order chi connectivity index (χ0) is 12.6. The minimum absolute atomic E-state index is 0.242. The lowest BCUT2D eigenvalue weighted by Crippen LogP contribution is -2.05. The summed E-state index contributed by atoms with van der Waals surface area (Å²) in [6.07, 6.45) is 0. The summed E-state index contributed by atoms with van der Waals surface area (Å²) in [7, 11) is 0. The largest absolute Gasteiger partial charge is 0.330 e. The van der Waals surface area contributed by atoms with Crippen LogP contribution in [0.4, 0.5) is 8.78 Å². The van der Waals surface area contributed by atoms with Crippen LogP contribution in [0.5, 0.6) is 0 Å². The van der Waals surface area contributed by atoms with Crippen molar-refractivity contribution < 1.29 is 8.78 Å². The van der Waals surface area contributed by atoms with Gasteiger partial charge in [0, 0.05) is 4.90 Å². The van der Waals surface area contributed by atoms with E-state index in [1.807, 2.05) is 12.1 Å². The van der Waals surface area contributed by atoms with Crippen molar-refractivity contribution in [2.75, 3.05) is 6.54 Å². The van der Waals surface area contributed by atoms with Gasteiger partial charge in [-0.1, -0.05) is 37.7 Å². The number of rotatable bonds is 4. The van der Waals surface area contributed by atoms with E-state index in [0.717, 1.165) is 0 Å². The maximum atomic E-state index is 12.2.